The number of hydrogen-bond donors (Lipinski definition) is 1. The molecule has 2 aliphatic rings. The lowest BCUT2D eigenvalue weighted by Crippen LogP contribution is -2.36. The maximum absolute atomic E-state index is 12.9. The van der Waals surface area contributed by atoms with Crippen molar-refractivity contribution in [3.8, 4) is 0 Å². The molecule has 0 radical (unpaired) electrons. The average Bonchev–Trinajstić information content (AvgIpc) is 3.13. The molecule has 1 N–H and O–H groups in total. The summed E-state index contributed by atoms with van der Waals surface area (Å²) >= 11 is 1.72. The first kappa shape index (κ1) is 14.6. The van der Waals surface area contributed by atoms with Crippen molar-refractivity contribution >= 4 is 17.8 Å². The number of urea groups is 1. The molecule has 4 rings (SSSR count). The molecule has 2 aliphatic heterocycles. The summed E-state index contributed by atoms with van der Waals surface area (Å²) in [6.07, 6.45) is -0.746. The van der Waals surface area contributed by atoms with Crippen LogP contribution in [-0.2, 0) is 6.54 Å². The van der Waals surface area contributed by atoms with Crippen LogP contribution in [-0.4, -0.2) is 39.0 Å². The summed E-state index contributed by atoms with van der Waals surface area (Å²) < 4.78 is 0. The zero-order chi connectivity index (χ0) is 15.8. The van der Waals surface area contributed by atoms with Crippen molar-refractivity contribution in [1.82, 2.24) is 9.80 Å². The van der Waals surface area contributed by atoms with Crippen molar-refractivity contribution in [1.29, 1.82) is 0 Å². The number of carbonyl (C=O) groups is 1. The van der Waals surface area contributed by atoms with E-state index in [1.54, 1.807) is 16.7 Å². The first-order valence-corrected chi connectivity index (χ1v) is 8.78. The first-order chi connectivity index (χ1) is 11.3. The number of thioether (sulfide) groups is 1. The highest BCUT2D eigenvalue weighted by atomic mass is 32.2. The van der Waals surface area contributed by atoms with Crippen LogP contribution < -0.4 is 0 Å². The summed E-state index contributed by atoms with van der Waals surface area (Å²) in [4.78, 5) is 16.3. The van der Waals surface area contributed by atoms with Crippen LogP contribution in [0.3, 0.4) is 0 Å². The molecular formula is C18H18N2O2S. The number of nitrogens with zero attached hydrogens (tertiary/aromatic N) is 2. The highest BCUT2D eigenvalue weighted by Gasteiger charge is 2.52. The third-order valence-electron chi connectivity index (χ3n) is 4.45. The van der Waals surface area contributed by atoms with Crippen LogP contribution in [0.2, 0.25) is 0 Å². The molecule has 2 saturated heterocycles. The van der Waals surface area contributed by atoms with Crippen LogP contribution in [0.15, 0.2) is 60.7 Å². The van der Waals surface area contributed by atoms with Gasteiger partial charge in [0.15, 0.2) is 6.23 Å². The van der Waals surface area contributed by atoms with Gasteiger partial charge in [0.1, 0.15) is 5.37 Å². The third kappa shape index (κ3) is 2.50. The van der Waals surface area contributed by atoms with Crippen molar-refractivity contribution in [3.05, 3.63) is 71.8 Å². The summed E-state index contributed by atoms with van der Waals surface area (Å²) in [5.41, 5.74) is 2.15. The average molecular weight is 326 g/mol. The normalized spacial score (nSPS) is 26.7. The van der Waals surface area contributed by atoms with Gasteiger partial charge >= 0.3 is 6.03 Å². The monoisotopic (exact) mass is 326 g/mol. The largest absolute Gasteiger partial charge is 0.371 e. The lowest BCUT2D eigenvalue weighted by molar-refractivity contribution is 0.0363. The highest BCUT2D eigenvalue weighted by Crippen LogP contribution is 2.46. The van der Waals surface area contributed by atoms with Crippen LogP contribution in [0.5, 0.6) is 0 Å². The van der Waals surface area contributed by atoms with E-state index in [0.29, 0.717) is 6.54 Å². The summed E-state index contributed by atoms with van der Waals surface area (Å²) in [5.74, 6) is 0.762. The van der Waals surface area contributed by atoms with E-state index in [1.807, 2.05) is 65.6 Å². The Balaban J connectivity index is 1.59. The number of aliphatic hydroxyl groups is 1. The van der Waals surface area contributed by atoms with Gasteiger partial charge in [0, 0.05) is 5.75 Å². The van der Waals surface area contributed by atoms with Gasteiger partial charge in [-0.05, 0) is 11.1 Å². The van der Waals surface area contributed by atoms with Gasteiger partial charge < -0.3 is 10.0 Å². The number of benzene rings is 2. The SMILES string of the molecule is O=C1N(Cc2ccccc2)[C@H](O)[C@@H]2CSC(c3ccccc3)N12. The second-order valence-electron chi connectivity index (χ2n) is 5.88. The van der Waals surface area contributed by atoms with Crippen molar-refractivity contribution in [2.24, 2.45) is 0 Å². The minimum Gasteiger partial charge on any atom is -0.371 e. The Bertz CT molecular complexity index is 695. The predicted octanol–water partition coefficient (Wildman–Crippen LogP) is 3.06. The minimum absolute atomic E-state index is 0.0101. The van der Waals surface area contributed by atoms with E-state index in [-0.39, 0.29) is 17.4 Å². The van der Waals surface area contributed by atoms with Crippen LogP contribution in [0.1, 0.15) is 16.5 Å². The Morgan fingerprint density at radius 3 is 2.39 bits per heavy atom. The fourth-order valence-corrected chi connectivity index (χ4v) is 4.75. The molecule has 2 fully saturated rings. The summed E-state index contributed by atoms with van der Waals surface area (Å²) in [6.45, 7) is 0.444. The maximum Gasteiger partial charge on any atom is 0.324 e. The number of rotatable bonds is 3. The molecule has 0 saturated carbocycles. The predicted molar refractivity (Wildman–Crippen MR) is 90.7 cm³/mol. The standard InChI is InChI=1S/C18H18N2O2S/c21-16-15-12-23-17(14-9-5-2-6-10-14)20(15)18(22)19(16)11-13-7-3-1-4-8-13/h1-10,15-17,21H,11-12H2/t15-,16+,17?/m0/s1. The van der Waals surface area contributed by atoms with Crippen LogP contribution in [0.25, 0.3) is 0 Å². The van der Waals surface area contributed by atoms with Gasteiger partial charge in [0.2, 0.25) is 0 Å². The number of hydrogen-bond acceptors (Lipinski definition) is 3. The van der Waals surface area contributed by atoms with E-state index in [0.717, 1.165) is 16.9 Å². The van der Waals surface area contributed by atoms with E-state index in [4.69, 9.17) is 0 Å². The lowest BCUT2D eigenvalue weighted by Gasteiger charge is -2.24. The topological polar surface area (TPSA) is 43.8 Å². The van der Waals surface area contributed by atoms with Crippen LogP contribution >= 0.6 is 11.8 Å². The molecule has 0 aromatic heterocycles. The van der Waals surface area contributed by atoms with Crippen molar-refractivity contribution < 1.29 is 9.90 Å². The van der Waals surface area contributed by atoms with E-state index in [9.17, 15) is 9.90 Å². The molecule has 0 bridgehead atoms. The Hall–Kier alpha value is -1.98. The van der Waals surface area contributed by atoms with Gasteiger partial charge in [0.05, 0.1) is 12.6 Å². The van der Waals surface area contributed by atoms with Crippen LogP contribution in [0.4, 0.5) is 4.79 Å². The van der Waals surface area contributed by atoms with Crippen molar-refractivity contribution in [2.45, 2.75) is 24.2 Å². The summed E-state index contributed by atoms with van der Waals surface area (Å²) in [6, 6.07) is 19.6. The second-order valence-corrected chi connectivity index (χ2v) is 6.99. The summed E-state index contributed by atoms with van der Waals surface area (Å²) in [7, 11) is 0. The van der Waals surface area contributed by atoms with Gasteiger partial charge in [-0.25, -0.2) is 4.79 Å². The molecule has 5 heteroatoms. The molecular weight excluding hydrogens is 308 g/mol. The molecule has 2 heterocycles. The Kier molecular flexibility index (Phi) is 3.75. The number of carbonyl (C=O) groups excluding carboxylic acids is 1. The number of amides is 2. The third-order valence-corrected chi connectivity index (χ3v) is 5.79. The molecule has 23 heavy (non-hydrogen) atoms. The smallest absolute Gasteiger partial charge is 0.324 e. The number of aliphatic hydroxyl groups excluding tert-OH is 1. The van der Waals surface area contributed by atoms with E-state index >= 15 is 0 Å². The molecule has 0 spiro atoms. The van der Waals surface area contributed by atoms with Crippen LogP contribution in [0, 0.1) is 0 Å². The Morgan fingerprint density at radius 1 is 1.04 bits per heavy atom. The quantitative estimate of drug-likeness (QED) is 0.943. The molecule has 1 unspecified atom stereocenters. The van der Waals surface area contributed by atoms with Crippen molar-refractivity contribution in [3.63, 3.8) is 0 Å². The lowest BCUT2D eigenvalue weighted by atomic mass is 10.2. The first-order valence-electron chi connectivity index (χ1n) is 7.73. The molecule has 3 atom stereocenters. The Morgan fingerprint density at radius 2 is 1.70 bits per heavy atom. The van der Waals surface area contributed by atoms with Gasteiger partial charge in [-0.1, -0.05) is 60.7 Å². The molecule has 2 amide bonds. The van der Waals surface area contributed by atoms with E-state index in [1.165, 1.54) is 0 Å². The molecule has 2 aromatic carbocycles. The molecule has 2 aromatic rings. The zero-order valence-corrected chi connectivity index (χ0v) is 13.4. The second kappa shape index (κ2) is 5.91. The Labute approximate surface area is 139 Å². The highest BCUT2D eigenvalue weighted by molar-refractivity contribution is 7.99. The van der Waals surface area contributed by atoms with E-state index in [2.05, 4.69) is 0 Å². The van der Waals surface area contributed by atoms with Crippen molar-refractivity contribution in [2.75, 3.05) is 5.75 Å². The summed E-state index contributed by atoms with van der Waals surface area (Å²) in [5, 5.41) is 10.6. The zero-order valence-electron chi connectivity index (χ0n) is 12.6. The molecule has 118 valence electrons. The van der Waals surface area contributed by atoms with Gasteiger partial charge in [0.25, 0.3) is 0 Å². The van der Waals surface area contributed by atoms with Gasteiger partial charge in [-0.3, -0.25) is 4.90 Å². The maximum atomic E-state index is 12.9. The number of fused-ring (bicyclic) bond motifs is 1. The van der Waals surface area contributed by atoms with E-state index < -0.39 is 6.23 Å². The van der Waals surface area contributed by atoms with Gasteiger partial charge in [-0.15, -0.1) is 11.8 Å². The molecule has 4 nitrogen and oxygen atoms in total. The fraction of sp³-hybridized carbons (Fsp3) is 0.278. The minimum atomic E-state index is -0.746. The van der Waals surface area contributed by atoms with Gasteiger partial charge in [-0.2, -0.15) is 0 Å². The molecule has 0 aliphatic carbocycles. The fourth-order valence-electron chi connectivity index (χ4n) is 3.28.